The SMILES string of the molecule is Cc1cc(C(C)(c2ccc(N)cc2)C(F)(F)F)ccc1N. The van der Waals surface area contributed by atoms with Gasteiger partial charge in [0.15, 0.2) is 0 Å². The van der Waals surface area contributed by atoms with Gasteiger partial charge in [-0.2, -0.15) is 13.2 Å². The molecule has 2 aromatic rings. The maximum absolute atomic E-state index is 13.7. The molecule has 0 spiro atoms. The number of nitrogen functional groups attached to an aromatic ring is 2. The van der Waals surface area contributed by atoms with Gasteiger partial charge in [0.2, 0.25) is 0 Å². The van der Waals surface area contributed by atoms with E-state index in [9.17, 15) is 13.2 Å². The van der Waals surface area contributed by atoms with Crippen LogP contribution in [0.1, 0.15) is 23.6 Å². The highest BCUT2D eigenvalue weighted by Crippen LogP contribution is 2.46. The molecule has 0 aliphatic heterocycles. The summed E-state index contributed by atoms with van der Waals surface area (Å²) >= 11 is 0. The van der Waals surface area contributed by atoms with Crippen LogP contribution in [-0.2, 0) is 5.41 Å². The van der Waals surface area contributed by atoms with Crippen molar-refractivity contribution >= 4 is 11.4 Å². The van der Waals surface area contributed by atoms with Crippen molar-refractivity contribution in [2.75, 3.05) is 11.5 Å². The molecule has 0 saturated carbocycles. The molecule has 0 fully saturated rings. The van der Waals surface area contributed by atoms with E-state index in [1.807, 2.05) is 0 Å². The minimum atomic E-state index is -4.44. The molecule has 112 valence electrons. The number of benzene rings is 2. The molecule has 2 nitrogen and oxygen atoms in total. The molecule has 2 rings (SSSR count). The van der Waals surface area contributed by atoms with Crippen LogP contribution < -0.4 is 11.5 Å². The summed E-state index contributed by atoms with van der Waals surface area (Å²) in [5.74, 6) is 0. The maximum atomic E-state index is 13.7. The summed E-state index contributed by atoms with van der Waals surface area (Å²) in [6, 6.07) is 10.2. The Bertz CT molecular complexity index is 648. The van der Waals surface area contributed by atoms with E-state index in [1.165, 1.54) is 49.4 Å². The Labute approximate surface area is 121 Å². The maximum Gasteiger partial charge on any atom is 0.402 e. The summed E-state index contributed by atoms with van der Waals surface area (Å²) in [5.41, 5.74) is 11.0. The van der Waals surface area contributed by atoms with Gasteiger partial charge in [-0.05, 0) is 48.7 Å². The Hall–Kier alpha value is -2.17. The van der Waals surface area contributed by atoms with Gasteiger partial charge in [0.25, 0.3) is 0 Å². The molecule has 4 N–H and O–H groups in total. The Morgan fingerprint density at radius 3 is 1.86 bits per heavy atom. The lowest BCUT2D eigenvalue weighted by atomic mass is 9.75. The predicted octanol–water partition coefficient (Wildman–Crippen LogP) is 4.03. The van der Waals surface area contributed by atoms with Crippen LogP contribution in [0, 0.1) is 6.92 Å². The Morgan fingerprint density at radius 2 is 1.38 bits per heavy atom. The molecule has 0 aromatic heterocycles. The minimum absolute atomic E-state index is 0.147. The zero-order chi connectivity index (χ0) is 15.8. The standard InChI is InChI=1S/C16H17F3N2/c1-10-9-12(5-8-14(10)21)15(2,16(17,18)19)11-3-6-13(20)7-4-11/h3-9H,20-21H2,1-2H3. The van der Waals surface area contributed by atoms with Gasteiger partial charge < -0.3 is 11.5 Å². The van der Waals surface area contributed by atoms with Gasteiger partial charge in [-0.1, -0.05) is 24.3 Å². The van der Waals surface area contributed by atoms with Crippen molar-refractivity contribution in [2.45, 2.75) is 25.4 Å². The predicted molar refractivity (Wildman–Crippen MR) is 79.0 cm³/mol. The first-order chi connectivity index (χ1) is 9.66. The highest BCUT2D eigenvalue weighted by Gasteiger charge is 2.53. The van der Waals surface area contributed by atoms with E-state index in [1.54, 1.807) is 6.92 Å². The fourth-order valence-corrected chi connectivity index (χ4v) is 2.30. The smallest absolute Gasteiger partial charge is 0.399 e. The summed E-state index contributed by atoms with van der Waals surface area (Å²) in [4.78, 5) is 0. The van der Waals surface area contributed by atoms with Gasteiger partial charge in [-0.3, -0.25) is 0 Å². The third-order valence-electron chi connectivity index (χ3n) is 3.90. The number of alkyl halides is 3. The first-order valence-corrected chi connectivity index (χ1v) is 6.45. The third kappa shape index (κ3) is 2.55. The molecule has 0 heterocycles. The molecule has 1 unspecified atom stereocenters. The van der Waals surface area contributed by atoms with Crippen molar-refractivity contribution in [1.29, 1.82) is 0 Å². The van der Waals surface area contributed by atoms with Gasteiger partial charge in [-0.15, -0.1) is 0 Å². The number of aryl methyl sites for hydroxylation is 1. The highest BCUT2D eigenvalue weighted by atomic mass is 19.4. The van der Waals surface area contributed by atoms with Gasteiger partial charge >= 0.3 is 6.18 Å². The van der Waals surface area contributed by atoms with E-state index in [-0.39, 0.29) is 11.1 Å². The average molecular weight is 294 g/mol. The number of rotatable bonds is 2. The number of hydrogen-bond acceptors (Lipinski definition) is 2. The molecule has 0 radical (unpaired) electrons. The van der Waals surface area contributed by atoms with E-state index in [0.29, 0.717) is 16.9 Å². The summed E-state index contributed by atoms with van der Waals surface area (Å²) in [6.07, 6.45) is -4.44. The van der Waals surface area contributed by atoms with Crippen molar-refractivity contribution in [3.63, 3.8) is 0 Å². The van der Waals surface area contributed by atoms with Crippen LogP contribution in [0.15, 0.2) is 42.5 Å². The fourth-order valence-electron chi connectivity index (χ4n) is 2.30. The molecule has 0 bridgehead atoms. The van der Waals surface area contributed by atoms with Gasteiger partial charge in [0.1, 0.15) is 5.41 Å². The molecule has 2 aromatic carbocycles. The van der Waals surface area contributed by atoms with Crippen LogP contribution in [0.2, 0.25) is 0 Å². The quantitative estimate of drug-likeness (QED) is 0.822. The second kappa shape index (κ2) is 4.98. The van der Waals surface area contributed by atoms with Crippen molar-refractivity contribution in [3.8, 4) is 0 Å². The van der Waals surface area contributed by atoms with Gasteiger partial charge in [-0.25, -0.2) is 0 Å². The average Bonchev–Trinajstić information content (AvgIpc) is 2.40. The lowest BCUT2D eigenvalue weighted by Gasteiger charge is -2.33. The van der Waals surface area contributed by atoms with Gasteiger partial charge in [0.05, 0.1) is 0 Å². The minimum Gasteiger partial charge on any atom is -0.399 e. The van der Waals surface area contributed by atoms with Crippen LogP contribution in [0.4, 0.5) is 24.5 Å². The van der Waals surface area contributed by atoms with Crippen molar-refractivity contribution < 1.29 is 13.2 Å². The number of hydrogen-bond donors (Lipinski definition) is 2. The Morgan fingerprint density at radius 1 is 0.857 bits per heavy atom. The summed E-state index contributed by atoms with van der Waals surface area (Å²) in [5, 5.41) is 0. The first-order valence-electron chi connectivity index (χ1n) is 6.45. The number of anilines is 2. The second-order valence-electron chi connectivity index (χ2n) is 5.32. The van der Waals surface area contributed by atoms with Gasteiger partial charge in [0, 0.05) is 11.4 Å². The summed E-state index contributed by atoms with van der Waals surface area (Å²) in [7, 11) is 0. The molecule has 0 aliphatic carbocycles. The van der Waals surface area contributed by atoms with E-state index in [2.05, 4.69) is 0 Å². The molecule has 1 atom stereocenters. The van der Waals surface area contributed by atoms with Crippen LogP contribution in [-0.4, -0.2) is 6.18 Å². The molecule has 0 saturated heterocycles. The molecular weight excluding hydrogens is 277 g/mol. The second-order valence-corrected chi connectivity index (χ2v) is 5.32. The number of nitrogens with two attached hydrogens (primary N) is 2. The number of halogens is 3. The van der Waals surface area contributed by atoms with E-state index < -0.39 is 11.6 Å². The third-order valence-corrected chi connectivity index (χ3v) is 3.90. The van der Waals surface area contributed by atoms with Crippen LogP contribution in [0.5, 0.6) is 0 Å². The zero-order valence-corrected chi connectivity index (χ0v) is 11.8. The lowest BCUT2D eigenvalue weighted by Crippen LogP contribution is -2.40. The molecule has 21 heavy (non-hydrogen) atoms. The van der Waals surface area contributed by atoms with Crippen LogP contribution in [0.25, 0.3) is 0 Å². The molecule has 0 amide bonds. The fraction of sp³-hybridized carbons (Fsp3) is 0.250. The zero-order valence-electron chi connectivity index (χ0n) is 11.8. The van der Waals surface area contributed by atoms with Crippen molar-refractivity contribution in [2.24, 2.45) is 0 Å². The lowest BCUT2D eigenvalue weighted by molar-refractivity contribution is -0.173. The molecule has 5 heteroatoms. The normalized spacial score (nSPS) is 14.7. The van der Waals surface area contributed by atoms with Crippen LogP contribution >= 0.6 is 0 Å². The van der Waals surface area contributed by atoms with E-state index >= 15 is 0 Å². The van der Waals surface area contributed by atoms with Crippen molar-refractivity contribution in [3.05, 3.63) is 59.2 Å². The monoisotopic (exact) mass is 294 g/mol. The van der Waals surface area contributed by atoms with E-state index in [0.717, 1.165) is 0 Å². The van der Waals surface area contributed by atoms with Crippen molar-refractivity contribution in [1.82, 2.24) is 0 Å². The Balaban J connectivity index is 2.67. The van der Waals surface area contributed by atoms with Crippen LogP contribution in [0.3, 0.4) is 0 Å². The van der Waals surface area contributed by atoms with E-state index in [4.69, 9.17) is 11.5 Å². The largest absolute Gasteiger partial charge is 0.402 e. The topological polar surface area (TPSA) is 52.0 Å². The molecule has 0 aliphatic rings. The molecular formula is C16H17F3N2. The summed E-state index contributed by atoms with van der Waals surface area (Å²) in [6.45, 7) is 2.86. The highest BCUT2D eigenvalue weighted by molar-refractivity contribution is 5.53. The first kappa shape index (κ1) is 15.2. The summed E-state index contributed by atoms with van der Waals surface area (Å²) < 4.78 is 41.2. The Kier molecular flexibility index (Phi) is 3.61.